The highest BCUT2D eigenvalue weighted by Gasteiger charge is 2.40. The number of alkyl halides is 3. The molecule has 0 saturated heterocycles. The van der Waals surface area contributed by atoms with Gasteiger partial charge < -0.3 is 20.5 Å². The van der Waals surface area contributed by atoms with E-state index in [1.165, 1.54) is 11.1 Å². The topological polar surface area (TPSA) is 73.6 Å². The normalized spacial score (nSPS) is 19.6. The molecule has 2 atom stereocenters. The average molecular weight is 451 g/mol. The molecule has 0 fully saturated rings. The number of nitrogens with two attached hydrogens (primary N) is 1. The number of carbonyl (C=O) groups excluding carboxylic acids is 1. The Balaban J connectivity index is 0.000000193. The van der Waals surface area contributed by atoms with Gasteiger partial charge in [0.05, 0.1) is 14.2 Å². The van der Waals surface area contributed by atoms with Crippen molar-refractivity contribution in [1.29, 1.82) is 0 Å². The summed E-state index contributed by atoms with van der Waals surface area (Å²) in [4.78, 5) is 10.9. The second-order valence-electron chi connectivity index (χ2n) is 8.11. The molecular formula is C24H29F3N2O3. The van der Waals surface area contributed by atoms with E-state index in [9.17, 15) is 18.0 Å². The molecule has 2 aromatic rings. The zero-order valence-corrected chi connectivity index (χ0v) is 18.3. The third kappa shape index (κ3) is 5.73. The molecule has 2 aromatic carbocycles. The third-order valence-corrected chi connectivity index (χ3v) is 5.95. The Labute approximate surface area is 186 Å². The van der Waals surface area contributed by atoms with Crippen LogP contribution in [0.25, 0.3) is 0 Å². The molecule has 174 valence electrons. The first-order chi connectivity index (χ1) is 15.2. The standard InChI is InChI=1S/C13H14F3NO2.C11H15NO/c1-19-11-4-2-3-8-7-9(5-6-10(8)11)17-12(18)13(14,15)16;1-13-11-4-2-3-8-7-9(12)5-6-10(8)11/h2-4,9H,5-7H2,1H3,(H,17,18);2-4,9H,5-7,12H2,1H3. The van der Waals surface area contributed by atoms with Gasteiger partial charge in [0.1, 0.15) is 11.5 Å². The largest absolute Gasteiger partial charge is 0.496 e. The summed E-state index contributed by atoms with van der Waals surface area (Å²) in [6.45, 7) is 0. The summed E-state index contributed by atoms with van der Waals surface area (Å²) in [6, 6.07) is 11.5. The van der Waals surface area contributed by atoms with Crippen molar-refractivity contribution in [3.05, 3.63) is 58.7 Å². The first kappa shape index (κ1) is 23.9. The Hall–Kier alpha value is -2.74. The molecule has 0 aliphatic heterocycles. The fourth-order valence-corrected chi connectivity index (χ4v) is 4.35. The minimum absolute atomic E-state index is 0.333. The van der Waals surface area contributed by atoms with Gasteiger partial charge in [0.2, 0.25) is 0 Å². The van der Waals surface area contributed by atoms with Gasteiger partial charge in [-0.05, 0) is 72.9 Å². The summed E-state index contributed by atoms with van der Waals surface area (Å²) >= 11 is 0. The van der Waals surface area contributed by atoms with E-state index in [0.29, 0.717) is 25.3 Å². The van der Waals surface area contributed by atoms with Crippen LogP contribution in [-0.2, 0) is 30.5 Å². The van der Waals surface area contributed by atoms with Gasteiger partial charge in [-0.2, -0.15) is 13.2 Å². The van der Waals surface area contributed by atoms with E-state index >= 15 is 0 Å². The molecule has 0 heterocycles. The highest BCUT2D eigenvalue weighted by atomic mass is 19.4. The molecule has 3 N–H and O–H groups in total. The average Bonchev–Trinajstić information content (AvgIpc) is 2.77. The molecular weight excluding hydrogens is 421 g/mol. The summed E-state index contributed by atoms with van der Waals surface area (Å²) in [5, 5.41) is 2.03. The number of methoxy groups -OCH3 is 2. The summed E-state index contributed by atoms with van der Waals surface area (Å²) in [5.41, 5.74) is 10.6. The summed E-state index contributed by atoms with van der Waals surface area (Å²) in [6.07, 6.45) is -0.221. The highest BCUT2D eigenvalue weighted by molar-refractivity contribution is 5.82. The molecule has 2 aliphatic carbocycles. The number of halogens is 3. The molecule has 0 aromatic heterocycles. The maximum Gasteiger partial charge on any atom is 0.471 e. The maximum absolute atomic E-state index is 12.2. The van der Waals surface area contributed by atoms with Crippen molar-refractivity contribution in [1.82, 2.24) is 5.32 Å². The van der Waals surface area contributed by atoms with Crippen molar-refractivity contribution in [2.75, 3.05) is 14.2 Å². The van der Waals surface area contributed by atoms with Crippen molar-refractivity contribution >= 4 is 5.91 Å². The first-order valence-corrected chi connectivity index (χ1v) is 10.7. The van der Waals surface area contributed by atoms with E-state index in [2.05, 4.69) is 6.07 Å². The molecule has 1 amide bonds. The second-order valence-corrected chi connectivity index (χ2v) is 8.11. The number of rotatable bonds is 3. The predicted octanol–water partition coefficient (Wildman–Crippen LogP) is 3.74. The van der Waals surface area contributed by atoms with Gasteiger partial charge in [-0.25, -0.2) is 0 Å². The fourth-order valence-electron chi connectivity index (χ4n) is 4.35. The zero-order valence-electron chi connectivity index (χ0n) is 18.3. The Morgan fingerprint density at radius 2 is 1.47 bits per heavy atom. The Bertz CT molecular complexity index is 947. The van der Waals surface area contributed by atoms with Crippen LogP contribution in [0.4, 0.5) is 13.2 Å². The second kappa shape index (κ2) is 10.3. The smallest absolute Gasteiger partial charge is 0.471 e. The number of amides is 1. The zero-order chi connectivity index (χ0) is 23.3. The number of hydrogen-bond donors (Lipinski definition) is 2. The van der Waals surface area contributed by atoms with E-state index in [0.717, 1.165) is 41.9 Å². The van der Waals surface area contributed by atoms with Crippen LogP contribution in [0.3, 0.4) is 0 Å². The van der Waals surface area contributed by atoms with Gasteiger partial charge in [0.25, 0.3) is 0 Å². The van der Waals surface area contributed by atoms with E-state index in [1.807, 2.05) is 29.6 Å². The molecule has 2 unspecified atom stereocenters. The monoisotopic (exact) mass is 450 g/mol. The van der Waals surface area contributed by atoms with Crippen LogP contribution in [0.1, 0.15) is 35.1 Å². The maximum atomic E-state index is 12.2. The number of hydrogen-bond acceptors (Lipinski definition) is 4. The lowest BCUT2D eigenvalue weighted by Crippen LogP contribution is -2.45. The van der Waals surface area contributed by atoms with Crippen LogP contribution in [0.5, 0.6) is 11.5 Å². The fraction of sp³-hybridized carbons (Fsp3) is 0.458. The Kier molecular flexibility index (Phi) is 7.66. The molecule has 0 saturated carbocycles. The number of carbonyl (C=O) groups is 1. The van der Waals surface area contributed by atoms with Gasteiger partial charge >= 0.3 is 12.1 Å². The van der Waals surface area contributed by atoms with Crippen molar-refractivity contribution in [2.45, 2.75) is 56.8 Å². The van der Waals surface area contributed by atoms with Crippen molar-refractivity contribution in [3.63, 3.8) is 0 Å². The van der Waals surface area contributed by atoms with Gasteiger partial charge in [-0.15, -0.1) is 0 Å². The number of fused-ring (bicyclic) bond motifs is 2. The number of nitrogens with one attached hydrogen (secondary N) is 1. The number of benzene rings is 2. The number of ether oxygens (including phenoxy) is 2. The lowest BCUT2D eigenvalue weighted by molar-refractivity contribution is -0.174. The molecule has 5 nitrogen and oxygen atoms in total. The molecule has 0 spiro atoms. The van der Waals surface area contributed by atoms with Crippen LogP contribution < -0.4 is 20.5 Å². The minimum Gasteiger partial charge on any atom is -0.496 e. The van der Waals surface area contributed by atoms with Crippen LogP contribution in [0, 0.1) is 0 Å². The van der Waals surface area contributed by atoms with E-state index in [1.54, 1.807) is 20.3 Å². The lowest BCUT2D eigenvalue weighted by Gasteiger charge is -2.27. The predicted molar refractivity (Wildman–Crippen MR) is 116 cm³/mol. The SMILES string of the molecule is COc1cccc2c1CCC(N)C2.COc1cccc2c1CCC(NC(=O)C(F)(F)F)C2. The summed E-state index contributed by atoms with van der Waals surface area (Å²) < 4.78 is 47.1. The van der Waals surface area contributed by atoms with Gasteiger partial charge in [-0.3, -0.25) is 4.79 Å². The molecule has 0 radical (unpaired) electrons. The van der Waals surface area contributed by atoms with Crippen molar-refractivity contribution in [2.24, 2.45) is 5.73 Å². The van der Waals surface area contributed by atoms with Crippen molar-refractivity contribution in [3.8, 4) is 11.5 Å². The highest BCUT2D eigenvalue weighted by Crippen LogP contribution is 2.30. The Morgan fingerprint density at radius 3 is 2.00 bits per heavy atom. The van der Waals surface area contributed by atoms with Crippen LogP contribution >= 0.6 is 0 Å². The van der Waals surface area contributed by atoms with Gasteiger partial charge in [0, 0.05) is 12.1 Å². The first-order valence-electron chi connectivity index (χ1n) is 10.7. The third-order valence-electron chi connectivity index (χ3n) is 5.95. The van der Waals surface area contributed by atoms with Crippen molar-refractivity contribution < 1.29 is 27.4 Å². The van der Waals surface area contributed by atoms with E-state index < -0.39 is 18.1 Å². The molecule has 2 aliphatic rings. The molecule has 8 heteroatoms. The van der Waals surface area contributed by atoms with E-state index in [-0.39, 0.29) is 0 Å². The molecule has 32 heavy (non-hydrogen) atoms. The van der Waals surface area contributed by atoms with E-state index in [4.69, 9.17) is 15.2 Å². The molecule has 0 bridgehead atoms. The quantitative estimate of drug-likeness (QED) is 0.747. The summed E-state index contributed by atoms with van der Waals surface area (Å²) in [7, 11) is 3.29. The van der Waals surface area contributed by atoms with Crippen LogP contribution in [0.2, 0.25) is 0 Å². The Morgan fingerprint density at radius 1 is 0.938 bits per heavy atom. The summed E-state index contributed by atoms with van der Waals surface area (Å²) in [5.74, 6) is -0.105. The minimum atomic E-state index is -4.82. The van der Waals surface area contributed by atoms with Gasteiger partial charge in [0.15, 0.2) is 0 Å². The van der Waals surface area contributed by atoms with Gasteiger partial charge in [-0.1, -0.05) is 24.3 Å². The van der Waals surface area contributed by atoms with Crippen LogP contribution in [0.15, 0.2) is 36.4 Å². The van der Waals surface area contributed by atoms with Crippen LogP contribution in [-0.4, -0.2) is 38.4 Å². The lowest BCUT2D eigenvalue weighted by atomic mass is 9.87. The molecule has 4 rings (SSSR count).